The van der Waals surface area contributed by atoms with Crippen LogP contribution in [0.5, 0.6) is 11.5 Å². The average Bonchev–Trinajstić information content (AvgIpc) is 3.14. The third kappa shape index (κ3) is 2.75. The van der Waals surface area contributed by atoms with Gasteiger partial charge in [0.2, 0.25) is 0 Å². The van der Waals surface area contributed by atoms with Crippen LogP contribution in [0, 0.1) is 0 Å². The molecule has 1 heterocycles. The topological polar surface area (TPSA) is 45.4 Å². The Kier molecular flexibility index (Phi) is 4.15. The zero-order valence-electron chi connectivity index (χ0n) is 17.4. The molecule has 32 heavy (non-hydrogen) atoms. The van der Waals surface area contributed by atoms with Gasteiger partial charge < -0.3 is 14.8 Å². The van der Waals surface area contributed by atoms with Gasteiger partial charge in [-0.3, -0.25) is 0 Å². The van der Waals surface area contributed by atoms with Crippen molar-refractivity contribution in [2.24, 2.45) is 0 Å². The molecule has 0 aliphatic rings. The summed E-state index contributed by atoms with van der Waals surface area (Å²) in [5.41, 5.74) is 4.65. The zero-order valence-corrected chi connectivity index (χ0v) is 17.4. The van der Waals surface area contributed by atoms with Gasteiger partial charge in [-0.05, 0) is 40.6 Å². The average molecular weight is 415 g/mol. The SMILES string of the molecule is Oc1ccc2ccccc2c1-c1c(O)ccc2c1c1ccccc1n2Cc1ccccc1. The van der Waals surface area contributed by atoms with E-state index in [1.54, 1.807) is 12.1 Å². The number of para-hydroxylation sites is 1. The summed E-state index contributed by atoms with van der Waals surface area (Å²) < 4.78 is 2.28. The van der Waals surface area contributed by atoms with E-state index in [9.17, 15) is 10.2 Å². The van der Waals surface area contributed by atoms with E-state index in [1.807, 2.05) is 54.6 Å². The predicted molar refractivity (Wildman–Crippen MR) is 131 cm³/mol. The molecule has 0 fully saturated rings. The second-order valence-corrected chi connectivity index (χ2v) is 8.12. The summed E-state index contributed by atoms with van der Waals surface area (Å²) >= 11 is 0. The van der Waals surface area contributed by atoms with E-state index in [-0.39, 0.29) is 11.5 Å². The number of aromatic nitrogens is 1. The summed E-state index contributed by atoms with van der Waals surface area (Å²) in [5, 5.41) is 26.0. The van der Waals surface area contributed by atoms with Crippen molar-refractivity contribution in [3.8, 4) is 22.6 Å². The molecular weight excluding hydrogens is 394 g/mol. The highest BCUT2D eigenvalue weighted by molar-refractivity contribution is 6.19. The fourth-order valence-electron chi connectivity index (χ4n) is 4.84. The molecule has 0 aliphatic carbocycles. The number of nitrogens with zero attached hydrogens (tertiary/aromatic N) is 1. The third-order valence-electron chi connectivity index (χ3n) is 6.26. The summed E-state index contributed by atoms with van der Waals surface area (Å²) in [4.78, 5) is 0. The Labute approximate surface area is 185 Å². The molecule has 3 heteroatoms. The van der Waals surface area contributed by atoms with E-state index in [2.05, 4.69) is 41.0 Å². The Balaban J connectivity index is 1.75. The molecule has 6 aromatic rings. The third-order valence-corrected chi connectivity index (χ3v) is 6.26. The lowest BCUT2D eigenvalue weighted by molar-refractivity contribution is 0.470. The van der Waals surface area contributed by atoms with E-state index in [0.717, 1.165) is 39.1 Å². The number of phenols is 2. The molecule has 1 aromatic heterocycles. The number of rotatable bonds is 3. The maximum Gasteiger partial charge on any atom is 0.124 e. The molecule has 0 saturated carbocycles. The molecule has 154 valence electrons. The summed E-state index contributed by atoms with van der Waals surface area (Å²) in [6, 6.07) is 33.9. The van der Waals surface area contributed by atoms with Crippen LogP contribution in [-0.2, 0) is 6.54 Å². The first-order chi connectivity index (χ1) is 15.7. The Bertz CT molecular complexity index is 1610. The van der Waals surface area contributed by atoms with Crippen molar-refractivity contribution < 1.29 is 10.2 Å². The minimum atomic E-state index is 0.159. The van der Waals surface area contributed by atoms with Gasteiger partial charge >= 0.3 is 0 Å². The van der Waals surface area contributed by atoms with Gasteiger partial charge in [-0.25, -0.2) is 0 Å². The quantitative estimate of drug-likeness (QED) is 0.324. The van der Waals surface area contributed by atoms with Gasteiger partial charge in [-0.1, -0.05) is 78.9 Å². The Morgan fingerprint density at radius 3 is 2.03 bits per heavy atom. The molecule has 0 atom stereocenters. The minimum Gasteiger partial charge on any atom is -0.507 e. The van der Waals surface area contributed by atoms with Crippen LogP contribution in [0.3, 0.4) is 0 Å². The van der Waals surface area contributed by atoms with Crippen molar-refractivity contribution in [1.29, 1.82) is 0 Å². The maximum atomic E-state index is 11.1. The molecule has 0 radical (unpaired) electrons. The highest BCUT2D eigenvalue weighted by atomic mass is 16.3. The molecule has 0 amide bonds. The molecule has 3 nitrogen and oxygen atoms in total. The number of phenolic OH excluding ortho intramolecular Hbond substituents is 2. The molecule has 6 rings (SSSR count). The number of hydrogen-bond acceptors (Lipinski definition) is 2. The minimum absolute atomic E-state index is 0.159. The van der Waals surface area contributed by atoms with Crippen molar-refractivity contribution in [3.63, 3.8) is 0 Å². The first-order valence-electron chi connectivity index (χ1n) is 10.7. The Morgan fingerprint density at radius 2 is 1.19 bits per heavy atom. The van der Waals surface area contributed by atoms with Gasteiger partial charge in [0.1, 0.15) is 11.5 Å². The van der Waals surface area contributed by atoms with Crippen LogP contribution < -0.4 is 0 Å². The number of hydrogen-bond donors (Lipinski definition) is 2. The van der Waals surface area contributed by atoms with Gasteiger partial charge in [0.15, 0.2) is 0 Å². The van der Waals surface area contributed by atoms with Crippen molar-refractivity contribution in [2.75, 3.05) is 0 Å². The van der Waals surface area contributed by atoms with Crippen LogP contribution in [-0.4, -0.2) is 14.8 Å². The van der Waals surface area contributed by atoms with Crippen LogP contribution in [0.1, 0.15) is 5.56 Å². The van der Waals surface area contributed by atoms with Gasteiger partial charge in [-0.15, -0.1) is 0 Å². The van der Waals surface area contributed by atoms with Crippen molar-refractivity contribution in [3.05, 3.63) is 109 Å². The Hall–Kier alpha value is -4.24. The Morgan fingerprint density at radius 1 is 0.531 bits per heavy atom. The lowest BCUT2D eigenvalue weighted by Crippen LogP contribution is -1.99. The van der Waals surface area contributed by atoms with Crippen molar-refractivity contribution >= 4 is 32.6 Å². The van der Waals surface area contributed by atoms with Gasteiger partial charge in [-0.2, -0.15) is 0 Å². The lowest BCUT2D eigenvalue weighted by Gasteiger charge is -2.14. The molecule has 5 aromatic carbocycles. The first-order valence-corrected chi connectivity index (χ1v) is 10.7. The van der Waals surface area contributed by atoms with E-state index in [1.165, 1.54) is 5.56 Å². The second-order valence-electron chi connectivity index (χ2n) is 8.12. The van der Waals surface area contributed by atoms with Gasteiger partial charge in [0, 0.05) is 34.0 Å². The highest BCUT2D eigenvalue weighted by Gasteiger charge is 2.21. The number of aromatic hydroxyl groups is 2. The summed E-state index contributed by atoms with van der Waals surface area (Å²) in [5.74, 6) is 0.318. The van der Waals surface area contributed by atoms with Crippen LogP contribution in [0.4, 0.5) is 0 Å². The van der Waals surface area contributed by atoms with Crippen LogP contribution >= 0.6 is 0 Å². The first kappa shape index (κ1) is 18.5. The van der Waals surface area contributed by atoms with E-state index >= 15 is 0 Å². The fraction of sp³-hybridized carbons (Fsp3) is 0.0345. The molecule has 2 N–H and O–H groups in total. The van der Waals surface area contributed by atoms with E-state index in [4.69, 9.17) is 0 Å². The monoisotopic (exact) mass is 415 g/mol. The standard InChI is InChI=1S/C29H21NO2/c31-25-16-14-20-10-4-5-11-21(20)28(25)29-26(32)17-15-24-27(29)22-12-6-7-13-23(22)30(24)18-19-8-2-1-3-9-19/h1-17,31-32H,18H2. The lowest BCUT2D eigenvalue weighted by atomic mass is 9.93. The largest absolute Gasteiger partial charge is 0.507 e. The van der Waals surface area contributed by atoms with Crippen molar-refractivity contribution in [1.82, 2.24) is 4.57 Å². The second kappa shape index (κ2) is 7.17. The summed E-state index contributed by atoms with van der Waals surface area (Å²) in [7, 11) is 0. The zero-order chi connectivity index (χ0) is 21.7. The summed E-state index contributed by atoms with van der Waals surface area (Å²) in [6.45, 7) is 0.719. The maximum absolute atomic E-state index is 11.1. The molecule has 0 saturated heterocycles. The molecule has 0 spiro atoms. The van der Waals surface area contributed by atoms with Crippen LogP contribution in [0.2, 0.25) is 0 Å². The highest BCUT2D eigenvalue weighted by Crippen LogP contribution is 2.47. The fourth-order valence-corrected chi connectivity index (χ4v) is 4.84. The normalized spacial score (nSPS) is 11.5. The smallest absolute Gasteiger partial charge is 0.124 e. The predicted octanol–water partition coefficient (Wildman–Crippen LogP) is 7.07. The summed E-state index contributed by atoms with van der Waals surface area (Å²) in [6.07, 6.45) is 0. The molecule has 0 unspecified atom stereocenters. The van der Waals surface area contributed by atoms with E-state index < -0.39 is 0 Å². The molecular formula is C29H21NO2. The number of fused-ring (bicyclic) bond motifs is 4. The van der Waals surface area contributed by atoms with E-state index in [0.29, 0.717) is 11.1 Å². The van der Waals surface area contributed by atoms with Crippen LogP contribution in [0.25, 0.3) is 43.7 Å². The van der Waals surface area contributed by atoms with Crippen LogP contribution in [0.15, 0.2) is 103 Å². The molecule has 0 bridgehead atoms. The van der Waals surface area contributed by atoms with Crippen molar-refractivity contribution in [2.45, 2.75) is 6.54 Å². The number of benzene rings is 5. The van der Waals surface area contributed by atoms with Gasteiger partial charge in [0.25, 0.3) is 0 Å². The molecule has 0 aliphatic heterocycles. The van der Waals surface area contributed by atoms with Gasteiger partial charge in [0.05, 0.1) is 5.52 Å².